The van der Waals surface area contributed by atoms with Crippen LogP contribution in [-0.4, -0.2) is 58.7 Å². The van der Waals surface area contributed by atoms with E-state index in [2.05, 4.69) is 10.4 Å². The highest BCUT2D eigenvalue weighted by atomic mass is 19.3. The van der Waals surface area contributed by atoms with Crippen molar-refractivity contribution in [3.63, 3.8) is 0 Å². The molecule has 4 rings (SSSR count). The summed E-state index contributed by atoms with van der Waals surface area (Å²) >= 11 is 0. The zero-order valence-corrected chi connectivity index (χ0v) is 18.8. The molecule has 1 amide bonds. The van der Waals surface area contributed by atoms with Crippen molar-refractivity contribution in [2.45, 2.75) is 38.3 Å². The fraction of sp³-hybridized carbons (Fsp3) is 0.391. The second kappa shape index (κ2) is 8.77. The first-order chi connectivity index (χ1) is 16.0. The van der Waals surface area contributed by atoms with Crippen molar-refractivity contribution < 1.29 is 26.7 Å². The van der Waals surface area contributed by atoms with Gasteiger partial charge in [-0.25, -0.2) is 22.0 Å². The van der Waals surface area contributed by atoms with Crippen molar-refractivity contribution in [2.24, 2.45) is 4.99 Å². The lowest BCUT2D eigenvalue weighted by Crippen LogP contribution is -2.72. The van der Waals surface area contributed by atoms with E-state index >= 15 is 0 Å². The predicted octanol–water partition coefficient (Wildman–Crippen LogP) is 4.14. The van der Waals surface area contributed by atoms with Gasteiger partial charge in [0, 0.05) is 49.3 Å². The summed E-state index contributed by atoms with van der Waals surface area (Å²) < 4.78 is 69.1. The SMILES string of the molecule is CC(=O)N1CC(C(F)F)(N2C=CC3=CN(C)NC(=NC(C)c4cccc(C(F)F)c4F)C3=C2)C1. The van der Waals surface area contributed by atoms with E-state index in [0.717, 1.165) is 6.07 Å². The molecule has 0 radical (unpaired) electrons. The van der Waals surface area contributed by atoms with Crippen LogP contribution >= 0.6 is 0 Å². The Morgan fingerprint density at radius 1 is 1.15 bits per heavy atom. The maximum Gasteiger partial charge on any atom is 0.266 e. The molecule has 1 fully saturated rings. The molecule has 11 heteroatoms. The monoisotopic (exact) mass is 481 g/mol. The van der Waals surface area contributed by atoms with Crippen LogP contribution in [0.15, 0.2) is 59.0 Å². The second-order valence-corrected chi connectivity index (χ2v) is 8.56. The van der Waals surface area contributed by atoms with Crippen molar-refractivity contribution in [1.82, 2.24) is 20.2 Å². The summed E-state index contributed by atoms with van der Waals surface area (Å²) in [5.41, 5.74) is 1.88. The summed E-state index contributed by atoms with van der Waals surface area (Å²) in [4.78, 5) is 18.8. The lowest BCUT2D eigenvalue weighted by Gasteiger charge is -2.54. The molecule has 3 aliphatic heterocycles. The van der Waals surface area contributed by atoms with Crippen molar-refractivity contribution in [3.05, 3.63) is 71.0 Å². The number of aliphatic imine (C=N–C) groups is 1. The minimum atomic E-state index is -2.96. The summed E-state index contributed by atoms with van der Waals surface area (Å²) in [6.07, 6.45) is 0.762. The van der Waals surface area contributed by atoms with E-state index in [9.17, 15) is 26.7 Å². The Hall–Kier alpha value is -3.37. The van der Waals surface area contributed by atoms with Crippen LogP contribution in [0.25, 0.3) is 0 Å². The summed E-state index contributed by atoms with van der Waals surface area (Å²) in [6.45, 7) is 2.63. The Morgan fingerprint density at radius 3 is 2.44 bits per heavy atom. The van der Waals surface area contributed by atoms with Crippen LogP contribution in [0.1, 0.15) is 37.4 Å². The van der Waals surface area contributed by atoms with Gasteiger partial charge in [-0.2, -0.15) is 0 Å². The van der Waals surface area contributed by atoms with Gasteiger partial charge in [0.15, 0.2) is 0 Å². The van der Waals surface area contributed by atoms with Gasteiger partial charge in [-0.05, 0) is 13.0 Å². The van der Waals surface area contributed by atoms with Gasteiger partial charge in [0.2, 0.25) is 5.91 Å². The third-order valence-electron chi connectivity index (χ3n) is 6.23. The van der Waals surface area contributed by atoms with Gasteiger partial charge >= 0.3 is 0 Å². The number of hydrazine groups is 1. The fourth-order valence-corrected chi connectivity index (χ4v) is 4.24. The molecule has 1 saturated heterocycles. The highest BCUT2D eigenvalue weighted by Crippen LogP contribution is 2.38. The van der Waals surface area contributed by atoms with Gasteiger partial charge in [-0.3, -0.25) is 20.2 Å². The number of hydrogen-bond donors (Lipinski definition) is 1. The molecule has 3 heterocycles. The molecule has 3 aliphatic rings. The number of carbonyl (C=O) groups excluding carboxylic acids is 1. The number of hydrogen-bond acceptors (Lipinski definition) is 4. The minimum Gasteiger partial charge on any atom is -0.338 e. The highest BCUT2D eigenvalue weighted by molar-refractivity contribution is 6.04. The standard InChI is InChI=1S/C23H24F5N5O/c1-13(16-5-4-6-17(19(16)24)20(25)26)29-21-18-10-33(8-7-15(18)9-31(3)30-21)23(22(27)28)11-32(12-23)14(2)34/h4-10,13,20,22H,11-12H2,1-3H3,(H,29,30). The fourth-order valence-electron chi connectivity index (χ4n) is 4.24. The topological polar surface area (TPSA) is 51.2 Å². The number of alkyl halides is 4. The van der Waals surface area contributed by atoms with Gasteiger partial charge in [-0.15, -0.1) is 0 Å². The van der Waals surface area contributed by atoms with E-state index in [0.29, 0.717) is 11.1 Å². The van der Waals surface area contributed by atoms with E-state index < -0.39 is 35.8 Å². The third-order valence-corrected chi connectivity index (χ3v) is 6.23. The zero-order valence-electron chi connectivity index (χ0n) is 18.8. The molecule has 182 valence electrons. The summed E-state index contributed by atoms with van der Waals surface area (Å²) in [7, 11) is 1.71. The average Bonchev–Trinajstić information content (AvgIpc) is 2.72. The molecule has 0 spiro atoms. The third kappa shape index (κ3) is 4.03. The van der Waals surface area contributed by atoms with Gasteiger partial charge in [0.1, 0.15) is 17.2 Å². The van der Waals surface area contributed by atoms with E-state index in [1.165, 1.54) is 41.3 Å². The van der Waals surface area contributed by atoms with Gasteiger partial charge in [0.25, 0.3) is 12.9 Å². The van der Waals surface area contributed by atoms with Crippen LogP contribution in [-0.2, 0) is 4.79 Å². The number of nitrogens with one attached hydrogen (secondary N) is 1. The second-order valence-electron chi connectivity index (χ2n) is 8.56. The van der Waals surface area contributed by atoms with E-state index in [1.54, 1.807) is 31.3 Å². The Bertz CT molecular complexity index is 1110. The van der Waals surface area contributed by atoms with Gasteiger partial charge < -0.3 is 9.80 Å². The van der Waals surface area contributed by atoms with Crippen molar-refractivity contribution in [3.8, 4) is 0 Å². The van der Waals surface area contributed by atoms with Crippen LogP contribution < -0.4 is 5.43 Å². The van der Waals surface area contributed by atoms with E-state index in [1.807, 2.05) is 0 Å². The molecule has 0 saturated carbocycles. The number of amidine groups is 1. The normalized spacial score (nSPS) is 21.2. The van der Waals surface area contributed by atoms with Crippen LogP contribution in [0.5, 0.6) is 0 Å². The number of amides is 1. The Balaban J connectivity index is 1.69. The highest BCUT2D eigenvalue weighted by Gasteiger charge is 2.55. The number of likely N-dealkylation sites (tertiary alicyclic amines) is 1. The molecule has 6 nitrogen and oxygen atoms in total. The van der Waals surface area contributed by atoms with Crippen molar-refractivity contribution in [1.29, 1.82) is 0 Å². The van der Waals surface area contributed by atoms with Crippen LogP contribution in [0.4, 0.5) is 22.0 Å². The molecule has 1 aromatic rings. The van der Waals surface area contributed by atoms with E-state index in [4.69, 9.17) is 0 Å². The summed E-state index contributed by atoms with van der Waals surface area (Å²) in [6, 6.07) is 2.92. The van der Waals surface area contributed by atoms with Crippen molar-refractivity contribution >= 4 is 11.7 Å². The van der Waals surface area contributed by atoms with Crippen molar-refractivity contribution in [2.75, 3.05) is 20.1 Å². The molecule has 0 bridgehead atoms. The average molecular weight is 481 g/mol. The largest absolute Gasteiger partial charge is 0.338 e. The molecular formula is C23H24F5N5O. The number of nitrogens with zero attached hydrogens (tertiary/aromatic N) is 4. The molecular weight excluding hydrogens is 457 g/mol. The Kier molecular flexibility index (Phi) is 6.13. The van der Waals surface area contributed by atoms with Gasteiger partial charge in [0.05, 0.1) is 24.7 Å². The number of benzene rings is 1. The molecule has 1 N–H and O–H groups in total. The minimum absolute atomic E-state index is 0.00481. The van der Waals surface area contributed by atoms with Gasteiger partial charge in [-0.1, -0.05) is 18.2 Å². The Morgan fingerprint density at radius 2 is 1.82 bits per heavy atom. The number of fused-ring (bicyclic) bond motifs is 1. The molecule has 34 heavy (non-hydrogen) atoms. The first kappa shape index (κ1) is 23.8. The lowest BCUT2D eigenvalue weighted by molar-refractivity contribution is -0.153. The quantitative estimate of drug-likeness (QED) is 0.643. The lowest BCUT2D eigenvalue weighted by atomic mass is 9.87. The maximum atomic E-state index is 14.7. The van der Waals surface area contributed by atoms with E-state index in [-0.39, 0.29) is 30.4 Å². The number of rotatable bonds is 5. The first-order valence-electron chi connectivity index (χ1n) is 10.6. The van der Waals surface area contributed by atoms with Crippen LogP contribution in [0, 0.1) is 5.82 Å². The molecule has 1 aromatic carbocycles. The van der Waals surface area contributed by atoms with Crippen LogP contribution in [0.2, 0.25) is 0 Å². The maximum absolute atomic E-state index is 14.7. The smallest absolute Gasteiger partial charge is 0.266 e. The molecule has 0 aromatic heterocycles. The molecule has 0 aliphatic carbocycles. The molecule has 1 atom stereocenters. The number of allylic oxidation sites excluding steroid dienone is 1. The van der Waals surface area contributed by atoms with Crippen LogP contribution in [0.3, 0.4) is 0 Å². The number of carbonyl (C=O) groups is 1. The summed E-state index contributed by atoms with van der Waals surface area (Å²) in [5, 5.41) is 1.61. The summed E-state index contributed by atoms with van der Waals surface area (Å²) in [5.74, 6) is -1.03. The number of halogens is 5. The predicted molar refractivity (Wildman–Crippen MR) is 116 cm³/mol. The Labute approximate surface area is 193 Å². The zero-order chi connectivity index (χ0) is 24.8. The molecule has 1 unspecified atom stereocenters. The first-order valence-corrected chi connectivity index (χ1v) is 10.6.